The molecule has 7 aromatic rings. The summed E-state index contributed by atoms with van der Waals surface area (Å²) in [5, 5.41) is 83.7. The lowest BCUT2D eigenvalue weighted by Crippen LogP contribution is -2.20. The first-order valence-electron chi connectivity index (χ1n) is 26.5. The van der Waals surface area contributed by atoms with Gasteiger partial charge in [0.25, 0.3) is 17.1 Å². The van der Waals surface area contributed by atoms with E-state index < -0.39 is 49.1 Å². The number of benzene rings is 7. The quantitative estimate of drug-likeness (QED) is 0.0446. The molecule has 0 aliphatic carbocycles. The number of nitrogens with one attached hydrogen (secondary N) is 6. The molecule has 21 heteroatoms. The first-order valence-corrected chi connectivity index (χ1v) is 26.5. The molecule has 0 aliphatic heterocycles. The minimum absolute atomic E-state index is 0.186. The standard InChI is InChI=1S/C66H54N12O9/c1-64(2,3)43-13-31-58(73-61(79)70-46-16-22-49(23-17-46)76(82)83)40(34-43)10-28-52-55(37-67)53(29-11-41-35-44(65(4,5)6)14-32-59(41)74-62(80)71-47-18-24-50(25-19-47)77(84)85)57(39-69)54(56(52)38-68)30-12-42-36-45(66(7,8)9)15-33-60(42)75-63(81)72-48-20-26-51(27-21-48)78(86)87/h13-27,31-36H,1-9H3,(H2,70,73,79)(H2,71,74,80)(H2,72,75,81). The smallest absolute Gasteiger partial charge is 0.308 e. The molecule has 6 amide bonds. The van der Waals surface area contributed by atoms with E-state index >= 15 is 0 Å². The molecule has 0 spiro atoms. The number of non-ortho nitro benzene ring substituents is 3. The number of hydrogen-bond acceptors (Lipinski definition) is 12. The topological polar surface area (TPSA) is 324 Å². The third kappa shape index (κ3) is 15.6. The molecular weight excluding hydrogens is 1100 g/mol. The maximum atomic E-state index is 13.5. The van der Waals surface area contributed by atoms with Crippen molar-refractivity contribution >= 4 is 69.3 Å². The van der Waals surface area contributed by atoms with Crippen LogP contribution in [0.4, 0.5) is 65.6 Å². The number of carbonyl (C=O) groups is 3. The fraction of sp³-hybridized carbons (Fsp3) is 0.182. The highest BCUT2D eigenvalue weighted by Gasteiger charge is 2.25. The second-order valence-corrected chi connectivity index (χ2v) is 22.5. The summed E-state index contributed by atoms with van der Waals surface area (Å²) in [6, 6.07) is 35.1. The predicted molar refractivity (Wildman–Crippen MR) is 331 cm³/mol. The van der Waals surface area contributed by atoms with Crippen LogP contribution in [-0.4, -0.2) is 32.9 Å². The summed E-state index contributed by atoms with van der Waals surface area (Å²) in [6.07, 6.45) is 0. The maximum absolute atomic E-state index is 13.5. The Labute approximate surface area is 500 Å². The van der Waals surface area contributed by atoms with E-state index in [4.69, 9.17) is 0 Å². The Morgan fingerprint density at radius 2 is 0.575 bits per heavy atom. The molecule has 0 heterocycles. The molecule has 0 radical (unpaired) electrons. The van der Waals surface area contributed by atoms with Gasteiger partial charge in [0, 0.05) is 70.2 Å². The summed E-state index contributed by atoms with van der Waals surface area (Å²) in [5.41, 5.74) is 0.834. The molecule has 0 saturated heterocycles. The third-order valence-corrected chi connectivity index (χ3v) is 13.2. The zero-order valence-electron chi connectivity index (χ0n) is 48.5. The average molecular weight is 1160 g/mol. The van der Waals surface area contributed by atoms with E-state index in [0.29, 0.717) is 0 Å². The Kier molecular flexibility index (Phi) is 18.5. The lowest BCUT2D eigenvalue weighted by Gasteiger charge is -2.20. The number of carbonyl (C=O) groups excluding carboxylic acids is 3. The van der Waals surface area contributed by atoms with Crippen molar-refractivity contribution in [2.45, 2.75) is 78.6 Å². The molecule has 6 N–H and O–H groups in total. The summed E-state index contributed by atoms with van der Waals surface area (Å²) < 4.78 is 0. The van der Waals surface area contributed by atoms with E-state index in [0.717, 1.165) is 16.7 Å². The van der Waals surface area contributed by atoms with Crippen LogP contribution in [-0.2, 0) is 16.2 Å². The van der Waals surface area contributed by atoms with E-state index in [1.165, 1.54) is 72.8 Å². The molecule has 0 saturated carbocycles. The molecule has 432 valence electrons. The van der Waals surface area contributed by atoms with E-state index in [-0.39, 0.29) is 101 Å². The van der Waals surface area contributed by atoms with Crippen LogP contribution in [0.15, 0.2) is 127 Å². The largest absolute Gasteiger partial charge is 0.323 e. The zero-order chi connectivity index (χ0) is 63.5. The van der Waals surface area contributed by atoms with Gasteiger partial charge >= 0.3 is 18.1 Å². The Morgan fingerprint density at radius 1 is 0.345 bits per heavy atom. The molecule has 21 nitrogen and oxygen atoms in total. The van der Waals surface area contributed by atoms with E-state index in [2.05, 4.69) is 85.6 Å². The second kappa shape index (κ2) is 25.9. The van der Waals surface area contributed by atoms with Crippen molar-refractivity contribution in [2.75, 3.05) is 31.9 Å². The number of nitrogens with zero attached hydrogens (tertiary/aromatic N) is 6. The van der Waals surface area contributed by atoms with Crippen LogP contribution in [0.1, 0.15) is 129 Å². The van der Waals surface area contributed by atoms with Crippen molar-refractivity contribution in [3.8, 4) is 53.7 Å². The summed E-state index contributed by atoms with van der Waals surface area (Å²) >= 11 is 0. The average Bonchev–Trinajstić information content (AvgIpc) is 0.922. The molecule has 0 fully saturated rings. The Hall–Kier alpha value is -12.3. The molecule has 7 aromatic carbocycles. The molecule has 0 aromatic heterocycles. The summed E-state index contributed by atoms with van der Waals surface area (Å²) in [7, 11) is 0. The lowest BCUT2D eigenvalue weighted by atomic mass is 9.85. The van der Waals surface area contributed by atoms with Crippen LogP contribution in [0.5, 0.6) is 0 Å². The van der Waals surface area contributed by atoms with Crippen molar-refractivity contribution < 1.29 is 29.2 Å². The van der Waals surface area contributed by atoms with Gasteiger partial charge in [-0.25, -0.2) is 14.4 Å². The van der Waals surface area contributed by atoms with Crippen molar-refractivity contribution in [3.05, 3.63) is 224 Å². The van der Waals surface area contributed by atoms with Gasteiger partial charge in [0.1, 0.15) is 18.2 Å². The summed E-state index contributed by atoms with van der Waals surface area (Å²) in [6.45, 7) is 17.6. The van der Waals surface area contributed by atoms with Gasteiger partial charge in [-0.2, -0.15) is 15.8 Å². The number of nitro groups is 3. The maximum Gasteiger partial charge on any atom is 0.323 e. The van der Waals surface area contributed by atoms with Crippen molar-refractivity contribution in [1.29, 1.82) is 15.8 Å². The number of anilines is 6. The first-order chi connectivity index (χ1) is 41.1. The summed E-state index contributed by atoms with van der Waals surface area (Å²) in [4.78, 5) is 72.8. The molecular formula is C66H54N12O9. The Morgan fingerprint density at radius 3 is 0.770 bits per heavy atom. The summed E-state index contributed by atoms with van der Waals surface area (Å²) in [5.74, 6) is 18.2. The minimum atomic E-state index is -0.735. The van der Waals surface area contributed by atoms with Crippen LogP contribution in [0.3, 0.4) is 0 Å². The SMILES string of the molecule is CC(C)(C)c1ccc(NC(=O)Nc2ccc([N+](=O)[O-])cc2)c(C#Cc2c(C#N)c(C#Cc3cc(C(C)(C)C)ccc3NC(=O)Nc3ccc([N+](=O)[O-])cc3)c(C#N)c(C#Cc3cc(C(C)(C)C)ccc3NC(=O)Nc3ccc([N+](=O)[O-])cc3)c2C#N)c1. The van der Waals surface area contributed by atoms with Crippen molar-refractivity contribution in [2.24, 2.45) is 0 Å². The van der Waals surface area contributed by atoms with Crippen molar-refractivity contribution in [1.82, 2.24) is 0 Å². The molecule has 0 bridgehead atoms. The van der Waals surface area contributed by atoms with E-state index in [9.17, 15) is 60.5 Å². The van der Waals surface area contributed by atoms with Gasteiger partial charge in [-0.3, -0.25) is 30.3 Å². The number of nitriles is 3. The van der Waals surface area contributed by atoms with Gasteiger partial charge in [-0.05, 0) is 106 Å². The van der Waals surface area contributed by atoms with Gasteiger partial charge in [0.2, 0.25) is 0 Å². The van der Waals surface area contributed by atoms with Crippen LogP contribution >= 0.6 is 0 Å². The van der Waals surface area contributed by atoms with Crippen LogP contribution in [0.2, 0.25) is 0 Å². The molecule has 0 unspecified atom stereocenters. The van der Waals surface area contributed by atoms with Crippen LogP contribution < -0.4 is 31.9 Å². The fourth-order valence-corrected chi connectivity index (χ4v) is 8.37. The molecule has 87 heavy (non-hydrogen) atoms. The minimum Gasteiger partial charge on any atom is -0.308 e. The second-order valence-electron chi connectivity index (χ2n) is 22.5. The molecule has 0 atom stereocenters. The van der Waals surface area contributed by atoms with Gasteiger partial charge < -0.3 is 31.9 Å². The highest BCUT2D eigenvalue weighted by atomic mass is 16.6. The van der Waals surface area contributed by atoms with E-state index in [1.54, 1.807) is 54.6 Å². The van der Waals surface area contributed by atoms with Gasteiger partial charge in [0.15, 0.2) is 0 Å². The lowest BCUT2D eigenvalue weighted by molar-refractivity contribution is -0.385. The number of hydrogen-bond donors (Lipinski definition) is 6. The number of amides is 6. The normalized spacial score (nSPS) is 10.7. The van der Waals surface area contributed by atoms with Crippen molar-refractivity contribution in [3.63, 3.8) is 0 Å². The van der Waals surface area contributed by atoms with Gasteiger partial charge in [-0.1, -0.05) is 116 Å². The highest BCUT2D eigenvalue weighted by Crippen LogP contribution is 2.33. The zero-order valence-corrected chi connectivity index (χ0v) is 48.5. The van der Waals surface area contributed by atoms with E-state index in [1.807, 2.05) is 62.3 Å². The third-order valence-electron chi connectivity index (χ3n) is 13.2. The van der Waals surface area contributed by atoms with Crippen LogP contribution in [0, 0.1) is 99.9 Å². The number of urea groups is 3. The number of rotatable bonds is 9. The van der Waals surface area contributed by atoms with Crippen LogP contribution in [0.25, 0.3) is 0 Å². The molecule has 0 aliphatic rings. The predicted octanol–water partition coefficient (Wildman–Crippen LogP) is 14.1. The monoisotopic (exact) mass is 1160 g/mol. The first kappa shape index (κ1) is 62.3. The Bertz CT molecular complexity index is 3850. The fourth-order valence-electron chi connectivity index (χ4n) is 8.37. The highest BCUT2D eigenvalue weighted by molar-refractivity contribution is 6.02. The number of nitro benzene ring substituents is 3. The van der Waals surface area contributed by atoms with Gasteiger partial charge in [-0.15, -0.1) is 0 Å². The molecule has 7 rings (SSSR count). The Balaban J connectivity index is 1.45. The van der Waals surface area contributed by atoms with Gasteiger partial charge in [0.05, 0.1) is 65.2 Å².